The maximum atomic E-state index is 12.5. The molecule has 0 aliphatic carbocycles. The van der Waals surface area contributed by atoms with Crippen molar-refractivity contribution in [2.75, 3.05) is 37.3 Å². The van der Waals surface area contributed by atoms with Gasteiger partial charge in [-0.05, 0) is 37.1 Å². The van der Waals surface area contributed by atoms with E-state index in [4.69, 9.17) is 4.74 Å². The average molecular weight is 340 g/mol. The second kappa shape index (κ2) is 7.68. The number of anilines is 1. The van der Waals surface area contributed by atoms with Gasteiger partial charge in [-0.15, -0.1) is 0 Å². The van der Waals surface area contributed by atoms with E-state index in [1.54, 1.807) is 36.3 Å². The third kappa shape index (κ3) is 4.86. The van der Waals surface area contributed by atoms with Crippen molar-refractivity contribution in [3.05, 3.63) is 24.3 Å². The van der Waals surface area contributed by atoms with Crippen LogP contribution >= 0.6 is 0 Å². The molecule has 1 amide bonds. The summed E-state index contributed by atoms with van der Waals surface area (Å²) in [7, 11) is -1.99. The molecule has 0 saturated carbocycles. The Morgan fingerprint density at radius 3 is 2.17 bits per heavy atom. The van der Waals surface area contributed by atoms with Crippen LogP contribution in [0.1, 0.15) is 25.7 Å². The zero-order valence-corrected chi connectivity index (χ0v) is 14.5. The Labute approximate surface area is 138 Å². The highest BCUT2D eigenvalue weighted by molar-refractivity contribution is 7.92. The number of nitrogens with zero attached hydrogens (tertiary/aromatic N) is 2. The van der Waals surface area contributed by atoms with Gasteiger partial charge in [0.2, 0.25) is 15.9 Å². The number of rotatable bonds is 5. The van der Waals surface area contributed by atoms with Gasteiger partial charge in [0.25, 0.3) is 0 Å². The zero-order valence-electron chi connectivity index (χ0n) is 13.7. The predicted octanol–water partition coefficient (Wildman–Crippen LogP) is 1.86. The summed E-state index contributed by atoms with van der Waals surface area (Å²) in [6.07, 6.45) is 5.32. The largest absolute Gasteiger partial charge is 0.497 e. The summed E-state index contributed by atoms with van der Waals surface area (Å²) in [5.74, 6) is 0.495. The van der Waals surface area contributed by atoms with E-state index in [1.807, 2.05) is 0 Å². The molecule has 0 bridgehead atoms. The minimum Gasteiger partial charge on any atom is -0.497 e. The van der Waals surface area contributed by atoms with Crippen molar-refractivity contribution in [1.29, 1.82) is 0 Å². The van der Waals surface area contributed by atoms with Crippen molar-refractivity contribution in [2.45, 2.75) is 25.7 Å². The van der Waals surface area contributed by atoms with E-state index in [2.05, 4.69) is 0 Å². The molecule has 1 aliphatic rings. The van der Waals surface area contributed by atoms with Crippen molar-refractivity contribution >= 4 is 21.6 Å². The lowest BCUT2D eigenvalue weighted by Crippen LogP contribution is -2.43. The number of methoxy groups -OCH3 is 1. The number of sulfonamides is 1. The highest BCUT2D eigenvalue weighted by Gasteiger charge is 2.24. The molecule has 1 aromatic rings. The Morgan fingerprint density at radius 1 is 1.13 bits per heavy atom. The predicted molar refractivity (Wildman–Crippen MR) is 90.2 cm³/mol. The second-order valence-corrected chi connectivity index (χ2v) is 7.67. The van der Waals surface area contributed by atoms with Crippen LogP contribution in [0.15, 0.2) is 24.3 Å². The average Bonchev–Trinajstić information content (AvgIpc) is 2.81. The van der Waals surface area contributed by atoms with Gasteiger partial charge in [0.1, 0.15) is 12.3 Å². The molecule has 0 N–H and O–H groups in total. The monoisotopic (exact) mass is 340 g/mol. The van der Waals surface area contributed by atoms with Crippen molar-refractivity contribution in [2.24, 2.45) is 0 Å². The van der Waals surface area contributed by atoms with Crippen LogP contribution in [0.5, 0.6) is 5.75 Å². The molecule has 0 unspecified atom stereocenters. The van der Waals surface area contributed by atoms with Crippen LogP contribution in [0.4, 0.5) is 5.69 Å². The topological polar surface area (TPSA) is 66.9 Å². The van der Waals surface area contributed by atoms with Crippen molar-refractivity contribution in [1.82, 2.24) is 4.90 Å². The van der Waals surface area contributed by atoms with Crippen LogP contribution in [0.3, 0.4) is 0 Å². The van der Waals surface area contributed by atoms with E-state index in [-0.39, 0.29) is 12.5 Å². The van der Waals surface area contributed by atoms with Gasteiger partial charge in [-0.3, -0.25) is 9.10 Å². The quantitative estimate of drug-likeness (QED) is 0.821. The highest BCUT2D eigenvalue weighted by Crippen LogP contribution is 2.22. The van der Waals surface area contributed by atoms with E-state index in [1.165, 1.54) is 0 Å². The lowest BCUT2D eigenvalue weighted by molar-refractivity contribution is -0.129. The van der Waals surface area contributed by atoms with Crippen LogP contribution < -0.4 is 9.04 Å². The number of amides is 1. The number of likely N-dealkylation sites (tertiary alicyclic amines) is 1. The van der Waals surface area contributed by atoms with Gasteiger partial charge < -0.3 is 9.64 Å². The SMILES string of the molecule is COc1ccc(N(CC(=O)N2CCCCCC2)S(C)(=O)=O)cc1. The second-order valence-electron chi connectivity index (χ2n) is 5.76. The Morgan fingerprint density at radius 2 is 1.70 bits per heavy atom. The fourth-order valence-electron chi connectivity index (χ4n) is 2.69. The number of hydrogen-bond donors (Lipinski definition) is 0. The normalized spacial score (nSPS) is 15.8. The van der Waals surface area contributed by atoms with Gasteiger partial charge in [0.15, 0.2) is 0 Å². The lowest BCUT2D eigenvalue weighted by Gasteiger charge is -2.26. The van der Waals surface area contributed by atoms with Crippen LogP contribution in [0.2, 0.25) is 0 Å². The minimum atomic E-state index is -3.54. The molecule has 0 aromatic heterocycles. The fourth-order valence-corrected chi connectivity index (χ4v) is 3.54. The lowest BCUT2D eigenvalue weighted by atomic mass is 10.2. The van der Waals surface area contributed by atoms with Crippen LogP contribution in [0, 0.1) is 0 Å². The van der Waals surface area contributed by atoms with Gasteiger partial charge in [0, 0.05) is 13.1 Å². The number of carbonyl (C=O) groups is 1. The van der Waals surface area contributed by atoms with E-state index < -0.39 is 10.0 Å². The molecule has 1 aliphatic heterocycles. The highest BCUT2D eigenvalue weighted by atomic mass is 32.2. The van der Waals surface area contributed by atoms with Gasteiger partial charge in [-0.2, -0.15) is 0 Å². The van der Waals surface area contributed by atoms with Crippen LogP contribution in [-0.4, -0.2) is 52.2 Å². The maximum Gasteiger partial charge on any atom is 0.243 e. The smallest absolute Gasteiger partial charge is 0.243 e. The summed E-state index contributed by atoms with van der Waals surface area (Å²) in [5.41, 5.74) is 0.469. The first-order valence-electron chi connectivity index (χ1n) is 7.81. The van der Waals surface area contributed by atoms with Crippen LogP contribution in [-0.2, 0) is 14.8 Å². The summed E-state index contributed by atoms with van der Waals surface area (Å²) in [6, 6.07) is 6.67. The molecule has 23 heavy (non-hydrogen) atoms. The molecule has 1 saturated heterocycles. The summed E-state index contributed by atoms with van der Waals surface area (Å²) >= 11 is 0. The first kappa shape index (κ1) is 17.6. The Bertz CT molecular complexity index is 620. The molecule has 1 fully saturated rings. The number of benzene rings is 1. The van der Waals surface area contributed by atoms with E-state index in [0.717, 1.165) is 36.2 Å². The molecule has 0 atom stereocenters. The summed E-state index contributed by atoms with van der Waals surface area (Å²) in [6.45, 7) is 1.25. The van der Waals surface area contributed by atoms with Gasteiger partial charge in [-0.1, -0.05) is 12.8 Å². The van der Waals surface area contributed by atoms with E-state index in [9.17, 15) is 13.2 Å². The first-order chi connectivity index (χ1) is 10.9. The van der Waals surface area contributed by atoms with Gasteiger partial charge >= 0.3 is 0 Å². The summed E-state index contributed by atoms with van der Waals surface area (Å²) in [5, 5.41) is 0. The van der Waals surface area contributed by atoms with Crippen molar-refractivity contribution < 1.29 is 17.9 Å². The van der Waals surface area contributed by atoms with Crippen molar-refractivity contribution in [3.8, 4) is 5.75 Å². The maximum absolute atomic E-state index is 12.5. The van der Waals surface area contributed by atoms with Gasteiger partial charge in [0.05, 0.1) is 19.1 Å². The minimum absolute atomic E-state index is 0.145. The zero-order chi connectivity index (χ0) is 16.9. The first-order valence-corrected chi connectivity index (χ1v) is 9.66. The summed E-state index contributed by atoms with van der Waals surface area (Å²) in [4.78, 5) is 14.3. The van der Waals surface area contributed by atoms with Gasteiger partial charge in [-0.25, -0.2) is 8.42 Å². The molecular weight excluding hydrogens is 316 g/mol. The number of ether oxygens (including phenoxy) is 1. The molecule has 1 heterocycles. The Hall–Kier alpha value is -1.76. The standard InChI is InChI=1S/C16H24N2O4S/c1-22-15-9-7-14(8-10-15)18(23(2,20)21)13-16(19)17-11-5-3-4-6-12-17/h7-10H,3-6,11-13H2,1-2H3. The molecule has 1 aromatic carbocycles. The molecule has 0 radical (unpaired) electrons. The van der Waals surface area contributed by atoms with Crippen molar-refractivity contribution in [3.63, 3.8) is 0 Å². The molecular formula is C16H24N2O4S. The Kier molecular flexibility index (Phi) is 5.87. The third-order valence-electron chi connectivity index (χ3n) is 4.00. The van der Waals surface area contributed by atoms with E-state index >= 15 is 0 Å². The molecule has 2 rings (SSSR count). The number of carbonyl (C=O) groups excluding carboxylic acids is 1. The molecule has 6 nitrogen and oxygen atoms in total. The number of hydrogen-bond acceptors (Lipinski definition) is 4. The molecule has 128 valence electrons. The summed E-state index contributed by atoms with van der Waals surface area (Å²) < 4.78 is 30.4. The van der Waals surface area contributed by atoms with Crippen LogP contribution in [0.25, 0.3) is 0 Å². The Balaban J connectivity index is 2.16. The molecule has 0 spiro atoms. The molecule has 7 heteroatoms. The van der Waals surface area contributed by atoms with E-state index in [0.29, 0.717) is 24.5 Å². The third-order valence-corrected chi connectivity index (χ3v) is 5.14. The fraction of sp³-hybridized carbons (Fsp3) is 0.562.